The van der Waals surface area contributed by atoms with Crippen LogP contribution in [0.2, 0.25) is 0 Å². The maximum Gasteiger partial charge on any atom is 0.0814 e. The normalized spacial score (nSPS) is 10.5. The van der Waals surface area contributed by atoms with Crippen molar-refractivity contribution in [1.29, 1.82) is 0 Å². The Hall–Kier alpha value is -0.660. The van der Waals surface area contributed by atoms with Crippen molar-refractivity contribution >= 4 is 0 Å². The van der Waals surface area contributed by atoms with Crippen LogP contribution in [0.1, 0.15) is 32.6 Å². The van der Waals surface area contributed by atoms with Crippen LogP contribution in [0, 0.1) is 4.91 Å². The van der Waals surface area contributed by atoms with Crippen molar-refractivity contribution in [2.45, 2.75) is 32.6 Å². The molecular weight excluding hydrogens is 126 g/mol. The van der Waals surface area contributed by atoms with Gasteiger partial charge in [0.2, 0.25) is 0 Å². The summed E-state index contributed by atoms with van der Waals surface area (Å²) in [7, 11) is 0. The van der Waals surface area contributed by atoms with Crippen LogP contribution in [0.25, 0.3) is 0 Å². The fourth-order valence-electron chi connectivity index (χ4n) is 0.676. The molecule has 0 N–H and O–H groups in total. The van der Waals surface area contributed by atoms with Crippen LogP contribution in [-0.4, -0.2) is 6.54 Å². The summed E-state index contributed by atoms with van der Waals surface area (Å²) in [4.78, 5) is 9.62. The van der Waals surface area contributed by atoms with Crippen molar-refractivity contribution in [3.05, 3.63) is 17.1 Å². The third kappa shape index (κ3) is 7.34. The van der Waals surface area contributed by atoms with E-state index in [0.717, 1.165) is 19.3 Å². The van der Waals surface area contributed by atoms with Crippen molar-refractivity contribution in [1.82, 2.24) is 0 Å². The molecule has 0 aliphatic heterocycles. The van der Waals surface area contributed by atoms with E-state index in [9.17, 15) is 4.91 Å². The minimum Gasteiger partial charge on any atom is -0.151 e. The van der Waals surface area contributed by atoms with E-state index >= 15 is 0 Å². The Morgan fingerprint density at radius 2 is 2.00 bits per heavy atom. The zero-order valence-electron chi connectivity index (χ0n) is 6.55. The summed E-state index contributed by atoms with van der Waals surface area (Å²) < 4.78 is 0. The second-order valence-electron chi connectivity index (χ2n) is 2.26. The van der Waals surface area contributed by atoms with Crippen LogP contribution >= 0.6 is 0 Å². The molecule has 10 heavy (non-hydrogen) atoms. The van der Waals surface area contributed by atoms with E-state index < -0.39 is 0 Å². The molecule has 2 heteroatoms. The molecule has 58 valence electrons. The van der Waals surface area contributed by atoms with Crippen LogP contribution in [-0.2, 0) is 0 Å². The first kappa shape index (κ1) is 9.34. The van der Waals surface area contributed by atoms with Gasteiger partial charge in [0, 0.05) is 0 Å². The highest BCUT2D eigenvalue weighted by Gasteiger charge is 1.80. The average molecular weight is 141 g/mol. The van der Waals surface area contributed by atoms with E-state index in [-0.39, 0.29) is 0 Å². The topological polar surface area (TPSA) is 29.4 Å². The van der Waals surface area contributed by atoms with Gasteiger partial charge in [-0.2, -0.15) is 4.91 Å². The van der Waals surface area contributed by atoms with Gasteiger partial charge >= 0.3 is 0 Å². The molecule has 0 amide bonds. The largest absolute Gasteiger partial charge is 0.151 e. The van der Waals surface area contributed by atoms with Crippen molar-refractivity contribution in [2.75, 3.05) is 6.54 Å². The lowest BCUT2D eigenvalue weighted by Gasteiger charge is -1.86. The second-order valence-corrected chi connectivity index (χ2v) is 2.26. The zero-order valence-corrected chi connectivity index (χ0v) is 6.55. The highest BCUT2D eigenvalue weighted by atomic mass is 16.3. The summed E-state index contributed by atoms with van der Waals surface area (Å²) in [5.41, 5.74) is 0. The first-order chi connectivity index (χ1) is 4.91. The zero-order chi connectivity index (χ0) is 7.66. The maximum atomic E-state index is 9.62. The molecule has 0 aliphatic carbocycles. The van der Waals surface area contributed by atoms with Crippen molar-refractivity contribution in [3.63, 3.8) is 0 Å². The molecule has 0 atom stereocenters. The van der Waals surface area contributed by atoms with Crippen LogP contribution in [0.3, 0.4) is 0 Å². The third-order valence-corrected chi connectivity index (χ3v) is 1.24. The number of allylic oxidation sites excluding steroid dienone is 2. The minimum atomic E-state index is 0.455. The Kier molecular flexibility index (Phi) is 7.79. The monoisotopic (exact) mass is 141 g/mol. The van der Waals surface area contributed by atoms with Crippen molar-refractivity contribution in [2.24, 2.45) is 5.18 Å². The number of rotatable bonds is 6. The van der Waals surface area contributed by atoms with Crippen LogP contribution in [0.15, 0.2) is 17.3 Å². The number of nitroso groups, excluding NO2 is 1. The highest BCUT2D eigenvalue weighted by Crippen LogP contribution is 1.94. The van der Waals surface area contributed by atoms with Gasteiger partial charge in [-0.05, 0) is 19.3 Å². The molecular formula is C8H15NO. The van der Waals surface area contributed by atoms with E-state index in [2.05, 4.69) is 24.3 Å². The van der Waals surface area contributed by atoms with Crippen LogP contribution in [0.4, 0.5) is 0 Å². The summed E-state index contributed by atoms with van der Waals surface area (Å²) in [6, 6.07) is 0. The van der Waals surface area contributed by atoms with E-state index in [1.165, 1.54) is 6.42 Å². The van der Waals surface area contributed by atoms with E-state index in [4.69, 9.17) is 0 Å². The summed E-state index contributed by atoms with van der Waals surface area (Å²) in [6.07, 6.45) is 8.51. The SMILES string of the molecule is CCCC=CCCCN=O. The molecule has 0 heterocycles. The summed E-state index contributed by atoms with van der Waals surface area (Å²) in [5, 5.41) is 2.77. The van der Waals surface area contributed by atoms with Gasteiger partial charge in [0.15, 0.2) is 0 Å². The van der Waals surface area contributed by atoms with Crippen molar-refractivity contribution < 1.29 is 0 Å². The summed E-state index contributed by atoms with van der Waals surface area (Å²) in [6.45, 7) is 2.60. The molecule has 0 aromatic heterocycles. The fourth-order valence-corrected chi connectivity index (χ4v) is 0.676. The molecule has 0 aromatic rings. The summed E-state index contributed by atoms with van der Waals surface area (Å²) >= 11 is 0. The highest BCUT2D eigenvalue weighted by molar-refractivity contribution is 4.80. The lowest BCUT2D eigenvalue weighted by molar-refractivity contribution is 0.844. The van der Waals surface area contributed by atoms with E-state index in [1.54, 1.807) is 0 Å². The standard InChI is InChI=1S/C8H15NO/c1-2-3-4-5-6-7-8-9-10/h4-5H,2-3,6-8H2,1H3. The number of nitrogens with zero attached hydrogens (tertiary/aromatic N) is 1. The van der Waals surface area contributed by atoms with Gasteiger partial charge < -0.3 is 0 Å². The Bertz CT molecular complexity index is 99.4. The van der Waals surface area contributed by atoms with Gasteiger partial charge in [-0.3, -0.25) is 0 Å². The quantitative estimate of drug-likeness (QED) is 0.317. The first-order valence-electron chi connectivity index (χ1n) is 3.86. The molecule has 0 spiro atoms. The molecule has 0 fully saturated rings. The Morgan fingerprint density at radius 3 is 2.60 bits per heavy atom. The van der Waals surface area contributed by atoms with Gasteiger partial charge in [-0.25, -0.2) is 0 Å². The second kappa shape index (κ2) is 8.34. The number of hydrogen-bond acceptors (Lipinski definition) is 2. The molecule has 0 rings (SSSR count). The Balaban J connectivity index is 2.94. The van der Waals surface area contributed by atoms with Gasteiger partial charge in [0.05, 0.1) is 6.54 Å². The van der Waals surface area contributed by atoms with Gasteiger partial charge in [-0.15, -0.1) is 0 Å². The number of hydrogen-bond donors (Lipinski definition) is 0. The molecule has 0 radical (unpaired) electrons. The smallest absolute Gasteiger partial charge is 0.0814 e. The Morgan fingerprint density at radius 1 is 1.30 bits per heavy atom. The fraction of sp³-hybridized carbons (Fsp3) is 0.750. The first-order valence-corrected chi connectivity index (χ1v) is 3.86. The molecule has 0 bridgehead atoms. The van der Waals surface area contributed by atoms with Crippen molar-refractivity contribution in [3.8, 4) is 0 Å². The molecule has 0 saturated carbocycles. The van der Waals surface area contributed by atoms with Gasteiger partial charge in [-0.1, -0.05) is 30.7 Å². The van der Waals surface area contributed by atoms with Gasteiger partial charge in [0.25, 0.3) is 0 Å². The minimum absolute atomic E-state index is 0.455. The molecule has 0 saturated heterocycles. The van der Waals surface area contributed by atoms with Gasteiger partial charge in [0.1, 0.15) is 0 Å². The summed E-state index contributed by atoms with van der Waals surface area (Å²) in [5.74, 6) is 0. The lowest BCUT2D eigenvalue weighted by atomic mass is 10.2. The predicted molar refractivity (Wildman–Crippen MR) is 43.9 cm³/mol. The Labute approximate surface area is 62.3 Å². The predicted octanol–water partition coefficient (Wildman–Crippen LogP) is 2.89. The van der Waals surface area contributed by atoms with Crippen LogP contribution in [0.5, 0.6) is 0 Å². The van der Waals surface area contributed by atoms with Crippen LogP contribution < -0.4 is 0 Å². The molecule has 0 aromatic carbocycles. The molecule has 0 aliphatic rings. The average Bonchev–Trinajstić information content (AvgIpc) is 1.97. The van der Waals surface area contributed by atoms with E-state index in [0.29, 0.717) is 6.54 Å². The molecule has 0 unspecified atom stereocenters. The lowest BCUT2D eigenvalue weighted by Crippen LogP contribution is -1.75. The van der Waals surface area contributed by atoms with E-state index in [1.807, 2.05) is 0 Å². The maximum absolute atomic E-state index is 9.62. The third-order valence-electron chi connectivity index (χ3n) is 1.24. The molecule has 2 nitrogen and oxygen atoms in total. The number of unbranched alkanes of at least 4 members (excludes halogenated alkanes) is 2.